The molecule has 1 aromatic rings. The van der Waals surface area contributed by atoms with Crippen LogP contribution in [0.4, 0.5) is 5.82 Å². The van der Waals surface area contributed by atoms with Crippen LogP contribution in [0.25, 0.3) is 0 Å². The van der Waals surface area contributed by atoms with Crippen molar-refractivity contribution in [1.29, 1.82) is 0 Å². The average molecular weight is 253 g/mol. The van der Waals surface area contributed by atoms with Crippen LogP contribution in [0.1, 0.15) is 18.7 Å². The number of hydrogen-bond donors (Lipinski definition) is 1. The van der Waals surface area contributed by atoms with Gasteiger partial charge in [-0.3, -0.25) is 0 Å². The predicted molar refractivity (Wildman–Crippen MR) is 66.8 cm³/mol. The summed E-state index contributed by atoms with van der Waals surface area (Å²) in [6, 6.07) is 1.77. The highest BCUT2D eigenvalue weighted by Crippen LogP contribution is 2.17. The molecule has 2 rings (SSSR count). The lowest BCUT2D eigenvalue weighted by Gasteiger charge is -2.12. The molecule has 1 unspecified atom stereocenters. The lowest BCUT2D eigenvalue weighted by Crippen LogP contribution is -2.17. The Morgan fingerprint density at radius 3 is 3.06 bits per heavy atom. The fourth-order valence-corrected chi connectivity index (χ4v) is 1.82. The van der Waals surface area contributed by atoms with Gasteiger partial charge in [-0.05, 0) is 12.8 Å². The van der Waals surface area contributed by atoms with E-state index in [0.717, 1.165) is 25.3 Å². The summed E-state index contributed by atoms with van der Waals surface area (Å²) in [4.78, 5) is 8.54. The zero-order valence-electron chi connectivity index (χ0n) is 10.8. The molecule has 0 amide bonds. The lowest BCUT2D eigenvalue weighted by atomic mass is 10.2. The van der Waals surface area contributed by atoms with Crippen molar-refractivity contribution in [1.82, 2.24) is 9.97 Å². The van der Waals surface area contributed by atoms with E-state index in [2.05, 4.69) is 15.3 Å². The molecule has 0 saturated carbocycles. The normalized spacial score (nSPS) is 18.9. The van der Waals surface area contributed by atoms with Crippen LogP contribution in [0.5, 0.6) is 5.88 Å². The first-order valence-electron chi connectivity index (χ1n) is 6.11. The summed E-state index contributed by atoms with van der Waals surface area (Å²) >= 11 is 0. The van der Waals surface area contributed by atoms with Crippen LogP contribution in [-0.4, -0.2) is 43.4 Å². The van der Waals surface area contributed by atoms with Crippen molar-refractivity contribution in [3.8, 4) is 5.88 Å². The molecule has 0 bridgehead atoms. The highest BCUT2D eigenvalue weighted by atomic mass is 16.5. The molecule has 100 valence electrons. The molecule has 1 aromatic heterocycles. The maximum absolute atomic E-state index is 5.65. The molecule has 0 radical (unpaired) electrons. The van der Waals surface area contributed by atoms with Gasteiger partial charge in [0.05, 0.1) is 6.10 Å². The Balaban J connectivity index is 1.98. The van der Waals surface area contributed by atoms with E-state index in [9.17, 15) is 0 Å². The first kappa shape index (κ1) is 13.0. The number of anilines is 1. The molecule has 0 spiro atoms. The zero-order valence-corrected chi connectivity index (χ0v) is 10.8. The second-order valence-corrected chi connectivity index (χ2v) is 4.14. The van der Waals surface area contributed by atoms with Gasteiger partial charge in [-0.1, -0.05) is 0 Å². The number of aromatic nitrogens is 2. The third-order valence-electron chi connectivity index (χ3n) is 2.72. The third-order valence-corrected chi connectivity index (χ3v) is 2.72. The van der Waals surface area contributed by atoms with E-state index in [1.54, 1.807) is 13.2 Å². The minimum atomic E-state index is 0.184. The van der Waals surface area contributed by atoms with Crippen LogP contribution in [-0.2, 0) is 16.1 Å². The summed E-state index contributed by atoms with van der Waals surface area (Å²) in [6.07, 6.45) is 2.34. The van der Waals surface area contributed by atoms with E-state index in [4.69, 9.17) is 14.2 Å². The van der Waals surface area contributed by atoms with Crippen LogP contribution in [0.2, 0.25) is 0 Å². The minimum Gasteiger partial charge on any atom is -0.475 e. The quantitative estimate of drug-likeness (QED) is 0.822. The van der Waals surface area contributed by atoms with Gasteiger partial charge in [0.1, 0.15) is 19.0 Å². The van der Waals surface area contributed by atoms with Gasteiger partial charge in [0.15, 0.2) is 5.82 Å². The molecule has 0 aromatic carbocycles. The van der Waals surface area contributed by atoms with Crippen LogP contribution >= 0.6 is 0 Å². The van der Waals surface area contributed by atoms with Crippen molar-refractivity contribution in [2.75, 3.05) is 32.7 Å². The van der Waals surface area contributed by atoms with Gasteiger partial charge in [0.2, 0.25) is 5.88 Å². The van der Waals surface area contributed by atoms with Gasteiger partial charge in [-0.15, -0.1) is 0 Å². The maximum atomic E-state index is 5.65. The number of ether oxygens (including phenoxy) is 3. The fourth-order valence-electron chi connectivity index (χ4n) is 1.82. The number of rotatable bonds is 6. The molecular formula is C12H19N3O3. The molecule has 0 aliphatic carbocycles. The van der Waals surface area contributed by atoms with Gasteiger partial charge in [0, 0.05) is 26.8 Å². The maximum Gasteiger partial charge on any atom is 0.218 e. The molecule has 6 nitrogen and oxygen atoms in total. The molecule has 1 atom stereocenters. The first-order chi connectivity index (χ1) is 8.81. The Morgan fingerprint density at radius 2 is 2.39 bits per heavy atom. The third kappa shape index (κ3) is 3.54. The smallest absolute Gasteiger partial charge is 0.218 e. The lowest BCUT2D eigenvalue weighted by molar-refractivity contribution is 0.0660. The highest BCUT2D eigenvalue weighted by molar-refractivity contribution is 5.37. The number of methoxy groups -OCH3 is 1. The van der Waals surface area contributed by atoms with Crippen molar-refractivity contribution in [2.24, 2.45) is 0 Å². The Kier molecular flexibility index (Phi) is 4.72. The molecule has 1 fully saturated rings. The predicted octanol–water partition coefficient (Wildman–Crippen LogP) is 1.22. The molecule has 1 N–H and O–H groups in total. The largest absolute Gasteiger partial charge is 0.475 e. The fraction of sp³-hybridized carbons (Fsp3) is 0.667. The molecule has 1 aliphatic rings. The Hall–Kier alpha value is -1.40. The Bertz CT molecular complexity index is 381. The van der Waals surface area contributed by atoms with E-state index in [0.29, 0.717) is 24.9 Å². The van der Waals surface area contributed by atoms with Crippen LogP contribution in [0.15, 0.2) is 6.07 Å². The standard InChI is InChI=1S/C12H19N3O3/c1-13-10-6-12(15-11(14-10)8-16-2)18-7-9-4-3-5-17-9/h6,9H,3-5,7-8H2,1-2H3,(H,13,14,15). The number of nitrogens with one attached hydrogen (secondary N) is 1. The summed E-state index contributed by atoms with van der Waals surface area (Å²) in [5, 5.41) is 2.98. The Morgan fingerprint density at radius 1 is 1.50 bits per heavy atom. The van der Waals surface area contributed by atoms with Gasteiger partial charge in [-0.2, -0.15) is 4.98 Å². The van der Waals surface area contributed by atoms with Crippen molar-refractivity contribution in [2.45, 2.75) is 25.6 Å². The SMILES string of the molecule is CNc1cc(OCC2CCCO2)nc(COC)n1. The van der Waals surface area contributed by atoms with Crippen molar-refractivity contribution >= 4 is 5.82 Å². The zero-order chi connectivity index (χ0) is 12.8. The van der Waals surface area contributed by atoms with E-state index in [1.807, 2.05) is 7.05 Å². The summed E-state index contributed by atoms with van der Waals surface area (Å²) in [5.74, 6) is 1.88. The van der Waals surface area contributed by atoms with Crippen molar-refractivity contribution < 1.29 is 14.2 Å². The second kappa shape index (κ2) is 6.51. The number of hydrogen-bond acceptors (Lipinski definition) is 6. The molecule has 18 heavy (non-hydrogen) atoms. The number of nitrogens with zero attached hydrogens (tertiary/aromatic N) is 2. The van der Waals surface area contributed by atoms with E-state index >= 15 is 0 Å². The summed E-state index contributed by atoms with van der Waals surface area (Å²) in [7, 11) is 3.42. The van der Waals surface area contributed by atoms with Gasteiger partial charge >= 0.3 is 0 Å². The first-order valence-corrected chi connectivity index (χ1v) is 6.11. The van der Waals surface area contributed by atoms with Gasteiger partial charge in [-0.25, -0.2) is 4.98 Å². The summed E-state index contributed by atoms with van der Waals surface area (Å²) in [6.45, 7) is 1.73. The van der Waals surface area contributed by atoms with E-state index in [-0.39, 0.29) is 6.10 Å². The molecular weight excluding hydrogens is 234 g/mol. The average Bonchev–Trinajstić information content (AvgIpc) is 2.89. The van der Waals surface area contributed by atoms with E-state index in [1.165, 1.54) is 0 Å². The summed E-state index contributed by atoms with van der Waals surface area (Å²) in [5.41, 5.74) is 0. The molecule has 6 heteroatoms. The molecule has 1 aliphatic heterocycles. The topological polar surface area (TPSA) is 65.5 Å². The van der Waals surface area contributed by atoms with Crippen molar-refractivity contribution in [3.63, 3.8) is 0 Å². The van der Waals surface area contributed by atoms with Gasteiger partial charge < -0.3 is 19.5 Å². The molecule has 1 saturated heterocycles. The van der Waals surface area contributed by atoms with Crippen LogP contribution in [0, 0.1) is 0 Å². The van der Waals surface area contributed by atoms with Crippen molar-refractivity contribution in [3.05, 3.63) is 11.9 Å². The highest BCUT2D eigenvalue weighted by Gasteiger charge is 2.16. The van der Waals surface area contributed by atoms with Crippen LogP contribution < -0.4 is 10.1 Å². The van der Waals surface area contributed by atoms with Crippen LogP contribution in [0.3, 0.4) is 0 Å². The molecule has 2 heterocycles. The minimum absolute atomic E-state index is 0.184. The van der Waals surface area contributed by atoms with E-state index < -0.39 is 0 Å². The van der Waals surface area contributed by atoms with Gasteiger partial charge in [0.25, 0.3) is 0 Å². The summed E-state index contributed by atoms with van der Waals surface area (Å²) < 4.78 is 16.2. The second-order valence-electron chi connectivity index (χ2n) is 4.14. The monoisotopic (exact) mass is 253 g/mol. The Labute approximate surface area is 107 Å².